The monoisotopic (exact) mass is 488 g/mol. The zero-order valence-corrected chi connectivity index (χ0v) is 20.3. The molecule has 35 heavy (non-hydrogen) atoms. The van der Waals surface area contributed by atoms with Gasteiger partial charge in [-0.15, -0.1) is 10.1 Å². The van der Waals surface area contributed by atoms with Gasteiger partial charge in [-0.2, -0.15) is 0 Å². The van der Waals surface area contributed by atoms with Gasteiger partial charge in [0.1, 0.15) is 11.5 Å². The molecule has 0 aliphatic carbocycles. The van der Waals surface area contributed by atoms with Crippen molar-refractivity contribution in [3.63, 3.8) is 0 Å². The Morgan fingerprint density at radius 2 is 1.49 bits per heavy atom. The Kier molecular flexibility index (Phi) is 9.52. The van der Waals surface area contributed by atoms with Crippen LogP contribution in [0.25, 0.3) is 0 Å². The number of rotatable bonds is 14. The highest BCUT2D eigenvalue weighted by Crippen LogP contribution is 2.23. The predicted octanol–water partition coefficient (Wildman–Crippen LogP) is 1.81. The van der Waals surface area contributed by atoms with Gasteiger partial charge in [0, 0.05) is 26.2 Å². The molecule has 2 rings (SSSR count). The molecule has 2 fully saturated rings. The number of carbonyl (C=O) groups excluding carboxylic acids is 5. The number of Topliss-reactive ketones (excluding diaryl/α,β-unsaturated/α-hetero) is 1. The van der Waals surface area contributed by atoms with Crippen molar-refractivity contribution >= 4 is 29.4 Å². The molecule has 0 N–H and O–H groups in total. The minimum Gasteiger partial charge on any atom is -0.376 e. The van der Waals surface area contributed by atoms with Crippen LogP contribution >= 0.6 is 0 Å². The summed E-state index contributed by atoms with van der Waals surface area (Å²) in [6.07, 6.45) is 1.38. The van der Waals surface area contributed by atoms with E-state index in [2.05, 4.69) is 26.3 Å². The largest absolute Gasteiger partial charge is 0.376 e. The van der Waals surface area contributed by atoms with E-state index < -0.39 is 23.5 Å². The van der Waals surface area contributed by atoms with Crippen molar-refractivity contribution in [3.8, 4) is 0 Å². The molecule has 11 nitrogen and oxygen atoms in total. The summed E-state index contributed by atoms with van der Waals surface area (Å²) < 4.78 is 0. The van der Waals surface area contributed by atoms with E-state index in [-0.39, 0.29) is 62.9 Å². The fourth-order valence-electron chi connectivity index (χ4n) is 3.50. The molecule has 4 amide bonds. The van der Waals surface area contributed by atoms with Gasteiger partial charge in [-0.25, -0.2) is 0 Å². The number of ketones is 1. The number of hydrogen-bond donors (Lipinski definition) is 0. The topological polar surface area (TPSA) is 117 Å². The fraction of sp³-hybridized carbons (Fsp3) is 0.458. The molecule has 190 valence electrons. The minimum atomic E-state index is -0.405. The molecule has 0 spiro atoms. The van der Waals surface area contributed by atoms with Gasteiger partial charge in [0.2, 0.25) is 11.8 Å². The van der Waals surface area contributed by atoms with Crippen LogP contribution in [0.3, 0.4) is 0 Å². The van der Waals surface area contributed by atoms with E-state index >= 15 is 0 Å². The minimum absolute atomic E-state index is 0.0120. The molecule has 2 saturated heterocycles. The maximum absolute atomic E-state index is 12.7. The molecular formula is C24H32N4O7. The summed E-state index contributed by atoms with van der Waals surface area (Å²) in [5.41, 5.74) is 0.916. The average Bonchev–Trinajstić information content (AvgIpc) is 3.26. The SMILES string of the molecule is C=C(CN(CC(=C)ON1C(=C)CCC1=O)CC(=O)CN1C(=O)CCC1=O)ON(C(=C)CC)C(C)=O. The van der Waals surface area contributed by atoms with Gasteiger partial charge in [0.25, 0.3) is 11.8 Å². The molecule has 2 heterocycles. The summed E-state index contributed by atoms with van der Waals surface area (Å²) in [7, 11) is 0. The van der Waals surface area contributed by atoms with E-state index in [1.54, 1.807) is 4.90 Å². The second-order valence-corrected chi connectivity index (χ2v) is 8.30. The van der Waals surface area contributed by atoms with Gasteiger partial charge in [-0.1, -0.05) is 33.2 Å². The Hall–Kier alpha value is -3.73. The molecule has 0 unspecified atom stereocenters. The van der Waals surface area contributed by atoms with Crippen molar-refractivity contribution in [2.24, 2.45) is 0 Å². The molecule has 0 aromatic heterocycles. The summed E-state index contributed by atoms with van der Waals surface area (Å²) in [6.45, 7) is 17.7. The van der Waals surface area contributed by atoms with Gasteiger partial charge in [0.05, 0.1) is 37.6 Å². The number of imide groups is 1. The molecule has 0 radical (unpaired) electrons. The van der Waals surface area contributed by atoms with Crippen LogP contribution in [0.1, 0.15) is 46.0 Å². The third kappa shape index (κ3) is 7.64. The van der Waals surface area contributed by atoms with Gasteiger partial charge in [-0.05, 0) is 12.8 Å². The zero-order chi connectivity index (χ0) is 26.3. The first-order valence-corrected chi connectivity index (χ1v) is 11.2. The summed E-state index contributed by atoms with van der Waals surface area (Å²) in [6, 6.07) is 0. The third-order valence-corrected chi connectivity index (χ3v) is 5.25. The molecular weight excluding hydrogens is 456 g/mol. The fourth-order valence-corrected chi connectivity index (χ4v) is 3.50. The van der Waals surface area contributed by atoms with Crippen LogP contribution in [0.2, 0.25) is 0 Å². The molecule has 2 aliphatic heterocycles. The average molecular weight is 489 g/mol. The first-order chi connectivity index (χ1) is 16.4. The van der Waals surface area contributed by atoms with Crippen molar-refractivity contribution < 1.29 is 33.6 Å². The van der Waals surface area contributed by atoms with Gasteiger partial charge >= 0.3 is 0 Å². The first-order valence-electron chi connectivity index (χ1n) is 11.2. The Morgan fingerprint density at radius 3 is 2.00 bits per heavy atom. The normalized spacial score (nSPS) is 15.6. The van der Waals surface area contributed by atoms with Crippen LogP contribution in [0.5, 0.6) is 0 Å². The number of hydrogen-bond acceptors (Lipinski definition) is 8. The molecule has 0 saturated carbocycles. The molecule has 0 bridgehead atoms. The number of likely N-dealkylation sites (tertiary alicyclic amines) is 1. The highest BCUT2D eigenvalue weighted by molar-refractivity contribution is 6.04. The lowest BCUT2D eigenvalue weighted by atomic mass is 10.3. The summed E-state index contributed by atoms with van der Waals surface area (Å²) in [4.78, 5) is 73.9. The Labute approximate surface area is 204 Å². The van der Waals surface area contributed by atoms with E-state index in [9.17, 15) is 24.0 Å². The van der Waals surface area contributed by atoms with Crippen molar-refractivity contribution in [3.05, 3.63) is 49.2 Å². The number of hydroxylamine groups is 4. The van der Waals surface area contributed by atoms with Crippen molar-refractivity contribution in [1.29, 1.82) is 0 Å². The Morgan fingerprint density at radius 1 is 0.914 bits per heavy atom. The lowest BCUT2D eigenvalue weighted by Gasteiger charge is -2.28. The number of amides is 4. The molecule has 11 heteroatoms. The van der Waals surface area contributed by atoms with Crippen LogP contribution in [0, 0.1) is 0 Å². The quantitative estimate of drug-likeness (QED) is 0.206. The summed E-state index contributed by atoms with van der Waals surface area (Å²) >= 11 is 0. The van der Waals surface area contributed by atoms with Gasteiger partial charge < -0.3 is 9.68 Å². The van der Waals surface area contributed by atoms with E-state index in [0.29, 0.717) is 24.2 Å². The van der Waals surface area contributed by atoms with Crippen LogP contribution in [0.4, 0.5) is 0 Å². The van der Waals surface area contributed by atoms with Crippen LogP contribution < -0.4 is 0 Å². The molecule has 0 aromatic carbocycles. The summed E-state index contributed by atoms with van der Waals surface area (Å²) in [5.74, 6) is -1.56. The molecule has 2 aliphatic rings. The maximum Gasteiger partial charge on any atom is 0.260 e. The van der Waals surface area contributed by atoms with Crippen LogP contribution in [-0.4, -0.2) is 75.5 Å². The van der Waals surface area contributed by atoms with Crippen molar-refractivity contribution in [1.82, 2.24) is 19.9 Å². The van der Waals surface area contributed by atoms with Gasteiger partial charge in [0.15, 0.2) is 5.78 Å². The standard InChI is InChI=1S/C24H32N4O7/c1-7-16(2)27(20(6)29)34-18(4)12-25(13-19(5)35-28-17(3)8-9-24(28)33)14-21(30)15-26-22(31)10-11-23(26)32/h2-5,7-15H2,1,6H3. The van der Waals surface area contributed by atoms with E-state index in [1.807, 2.05) is 6.92 Å². The van der Waals surface area contributed by atoms with Crippen molar-refractivity contribution in [2.75, 3.05) is 26.2 Å². The predicted molar refractivity (Wildman–Crippen MR) is 125 cm³/mol. The molecule has 0 aromatic rings. The second kappa shape index (κ2) is 12.1. The first kappa shape index (κ1) is 27.5. The highest BCUT2D eigenvalue weighted by Gasteiger charge is 2.31. The van der Waals surface area contributed by atoms with E-state index in [0.717, 1.165) is 15.0 Å². The van der Waals surface area contributed by atoms with Crippen LogP contribution in [-0.2, 0) is 33.6 Å². The Balaban J connectivity index is 2.08. The van der Waals surface area contributed by atoms with Gasteiger partial charge in [-0.3, -0.25) is 33.8 Å². The second-order valence-electron chi connectivity index (χ2n) is 8.30. The Bertz CT molecular complexity index is 887. The van der Waals surface area contributed by atoms with Crippen LogP contribution in [0.15, 0.2) is 49.2 Å². The number of carbonyl (C=O) groups is 5. The number of allylic oxidation sites excluding steroid dienone is 2. The lowest BCUT2D eigenvalue weighted by molar-refractivity contribution is -0.162. The highest BCUT2D eigenvalue weighted by atomic mass is 16.7. The van der Waals surface area contributed by atoms with E-state index in [4.69, 9.17) is 9.68 Å². The maximum atomic E-state index is 12.7. The smallest absolute Gasteiger partial charge is 0.260 e. The van der Waals surface area contributed by atoms with Crippen molar-refractivity contribution in [2.45, 2.75) is 46.0 Å². The number of nitrogens with zero attached hydrogens (tertiary/aromatic N) is 4. The van der Waals surface area contributed by atoms with E-state index in [1.165, 1.54) is 6.92 Å². The molecule has 0 atom stereocenters. The zero-order valence-electron chi connectivity index (χ0n) is 20.3. The summed E-state index contributed by atoms with van der Waals surface area (Å²) in [5, 5.41) is 2.08. The third-order valence-electron chi connectivity index (χ3n) is 5.25. The lowest BCUT2D eigenvalue weighted by Crippen LogP contribution is -2.41.